The summed E-state index contributed by atoms with van der Waals surface area (Å²) in [5.74, 6) is -1.19. The number of benzene rings is 2. The molecule has 0 saturated heterocycles. The average Bonchev–Trinajstić information content (AvgIpc) is 2.96. The molecule has 9 nitrogen and oxygen atoms in total. The van der Waals surface area contributed by atoms with Crippen molar-refractivity contribution in [2.75, 3.05) is 11.4 Å². The molecule has 0 spiro atoms. The second-order valence-electron chi connectivity index (χ2n) is 9.54. The molecule has 1 aliphatic heterocycles. The molecule has 180 valence electrons. The van der Waals surface area contributed by atoms with Crippen LogP contribution in [-0.4, -0.2) is 41.0 Å². The standard InChI is InChI=1S/C25H29N3O6/c1-16-10-12-18(13-11-16)14-25(21(15-27(32)33)26-17(2)29)19-8-6-7-9-20(19)28(22(25)30)23(31)34-24(3,4)5/h6-13,21H,14-15H2,1-5H3,(H,26,29)/t21-,25-/m1/s1. The molecule has 1 heterocycles. The van der Waals surface area contributed by atoms with Crippen molar-refractivity contribution in [1.29, 1.82) is 0 Å². The van der Waals surface area contributed by atoms with Crippen LogP contribution < -0.4 is 10.2 Å². The van der Waals surface area contributed by atoms with Gasteiger partial charge in [0.05, 0.1) is 5.69 Å². The molecule has 34 heavy (non-hydrogen) atoms. The number of aryl methyl sites for hydroxylation is 1. The van der Waals surface area contributed by atoms with E-state index < -0.39 is 46.4 Å². The van der Waals surface area contributed by atoms with Crippen LogP contribution in [0.2, 0.25) is 0 Å². The Hall–Kier alpha value is -3.75. The third-order valence-electron chi connectivity index (χ3n) is 5.69. The number of nitrogens with zero attached hydrogens (tertiary/aromatic N) is 2. The van der Waals surface area contributed by atoms with Crippen LogP contribution in [0.4, 0.5) is 10.5 Å². The van der Waals surface area contributed by atoms with Gasteiger partial charge in [0, 0.05) is 11.8 Å². The van der Waals surface area contributed by atoms with E-state index in [1.54, 1.807) is 45.0 Å². The van der Waals surface area contributed by atoms with Gasteiger partial charge in [0.2, 0.25) is 18.4 Å². The predicted molar refractivity (Wildman–Crippen MR) is 126 cm³/mol. The minimum absolute atomic E-state index is 0.0429. The van der Waals surface area contributed by atoms with Crippen molar-refractivity contribution in [2.45, 2.75) is 58.1 Å². The molecule has 3 rings (SSSR count). The number of anilines is 1. The smallest absolute Gasteiger partial charge is 0.421 e. The maximum Gasteiger partial charge on any atom is 0.421 e. The summed E-state index contributed by atoms with van der Waals surface area (Å²) in [6.45, 7) is 7.51. The Morgan fingerprint density at radius 3 is 2.32 bits per heavy atom. The van der Waals surface area contributed by atoms with Crippen molar-refractivity contribution in [3.63, 3.8) is 0 Å². The highest BCUT2D eigenvalue weighted by Crippen LogP contribution is 2.47. The van der Waals surface area contributed by atoms with Gasteiger partial charge in [-0.25, -0.2) is 9.69 Å². The molecule has 0 saturated carbocycles. The van der Waals surface area contributed by atoms with Gasteiger partial charge < -0.3 is 10.1 Å². The molecule has 1 N–H and O–H groups in total. The fraction of sp³-hybridized carbons (Fsp3) is 0.400. The first kappa shape index (κ1) is 24.9. The molecular formula is C25H29N3O6. The van der Waals surface area contributed by atoms with Gasteiger partial charge in [0.1, 0.15) is 17.1 Å². The van der Waals surface area contributed by atoms with Crippen LogP contribution in [0, 0.1) is 17.0 Å². The summed E-state index contributed by atoms with van der Waals surface area (Å²) in [7, 11) is 0. The number of nitro groups is 1. The molecule has 0 aromatic heterocycles. The highest BCUT2D eigenvalue weighted by molar-refractivity contribution is 6.21. The number of para-hydroxylation sites is 1. The summed E-state index contributed by atoms with van der Waals surface area (Å²) < 4.78 is 5.50. The Kier molecular flexibility index (Phi) is 6.77. The van der Waals surface area contributed by atoms with E-state index in [4.69, 9.17) is 4.74 Å². The molecule has 2 atom stereocenters. The topological polar surface area (TPSA) is 119 Å². The van der Waals surface area contributed by atoms with Crippen molar-refractivity contribution in [3.05, 3.63) is 75.3 Å². The van der Waals surface area contributed by atoms with E-state index in [1.165, 1.54) is 6.92 Å². The zero-order valence-corrected chi connectivity index (χ0v) is 20.0. The number of carbonyl (C=O) groups excluding carboxylic acids is 3. The number of hydrogen-bond donors (Lipinski definition) is 1. The maximum absolute atomic E-state index is 14.1. The Labute approximate surface area is 198 Å². The molecule has 9 heteroatoms. The molecular weight excluding hydrogens is 438 g/mol. The van der Waals surface area contributed by atoms with Gasteiger partial charge in [-0.3, -0.25) is 19.7 Å². The normalized spacial score (nSPS) is 18.3. The number of amides is 3. The third-order valence-corrected chi connectivity index (χ3v) is 5.69. The highest BCUT2D eigenvalue weighted by atomic mass is 16.6. The number of nitrogens with one attached hydrogen (secondary N) is 1. The molecule has 2 aromatic rings. The molecule has 0 radical (unpaired) electrons. The summed E-state index contributed by atoms with van der Waals surface area (Å²) in [5.41, 5.74) is -0.0124. The van der Waals surface area contributed by atoms with E-state index >= 15 is 0 Å². The second-order valence-corrected chi connectivity index (χ2v) is 9.54. The van der Waals surface area contributed by atoms with Crippen LogP contribution in [0.1, 0.15) is 44.4 Å². The quantitative estimate of drug-likeness (QED) is 0.513. The lowest BCUT2D eigenvalue weighted by molar-refractivity contribution is -0.484. The van der Waals surface area contributed by atoms with E-state index in [9.17, 15) is 24.5 Å². The van der Waals surface area contributed by atoms with Crippen molar-refractivity contribution >= 4 is 23.6 Å². The minimum atomic E-state index is -1.60. The molecule has 0 fully saturated rings. The number of fused-ring (bicyclic) bond motifs is 1. The summed E-state index contributed by atoms with van der Waals surface area (Å²) in [5, 5.41) is 14.3. The van der Waals surface area contributed by atoms with Crippen molar-refractivity contribution < 1.29 is 24.0 Å². The van der Waals surface area contributed by atoms with E-state index in [0.29, 0.717) is 5.56 Å². The Bertz CT molecular complexity index is 1110. The fourth-order valence-corrected chi connectivity index (χ4v) is 4.34. The van der Waals surface area contributed by atoms with E-state index in [-0.39, 0.29) is 12.1 Å². The molecule has 2 aromatic carbocycles. The largest absolute Gasteiger partial charge is 0.443 e. The second kappa shape index (κ2) is 9.24. The van der Waals surface area contributed by atoms with Crippen molar-refractivity contribution in [3.8, 4) is 0 Å². The van der Waals surface area contributed by atoms with Crippen LogP contribution in [0.5, 0.6) is 0 Å². The van der Waals surface area contributed by atoms with Gasteiger partial charge in [-0.05, 0) is 51.3 Å². The first-order valence-corrected chi connectivity index (χ1v) is 11.0. The number of ether oxygens (including phenoxy) is 1. The molecule has 1 aliphatic rings. The zero-order valence-electron chi connectivity index (χ0n) is 20.0. The van der Waals surface area contributed by atoms with Crippen LogP contribution in [-0.2, 0) is 26.2 Å². The Morgan fingerprint density at radius 2 is 1.76 bits per heavy atom. The fourth-order valence-electron chi connectivity index (χ4n) is 4.34. The SMILES string of the molecule is CC(=O)N[C@H](C[N+](=O)[O-])[C@]1(Cc2ccc(C)cc2)C(=O)N(C(=O)OC(C)(C)C)c2ccccc21. The third kappa shape index (κ3) is 4.93. The number of hydrogen-bond acceptors (Lipinski definition) is 6. The first-order chi connectivity index (χ1) is 15.8. The van der Waals surface area contributed by atoms with E-state index in [1.807, 2.05) is 31.2 Å². The molecule has 0 aliphatic carbocycles. The van der Waals surface area contributed by atoms with Gasteiger partial charge in [-0.2, -0.15) is 0 Å². The lowest BCUT2D eigenvalue weighted by Gasteiger charge is -2.35. The van der Waals surface area contributed by atoms with E-state index in [2.05, 4.69) is 5.32 Å². The van der Waals surface area contributed by atoms with Crippen molar-refractivity contribution in [2.24, 2.45) is 0 Å². The lowest BCUT2D eigenvalue weighted by Crippen LogP contribution is -2.60. The average molecular weight is 468 g/mol. The van der Waals surface area contributed by atoms with Crippen molar-refractivity contribution in [1.82, 2.24) is 5.32 Å². The first-order valence-electron chi connectivity index (χ1n) is 11.0. The van der Waals surface area contributed by atoms with Gasteiger partial charge in [0.25, 0.3) is 0 Å². The molecule has 3 amide bonds. The van der Waals surface area contributed by atoms with Gasteiger partial charge >= 0.3 is 6.09 Å². The van der Waals surface area contributed by atoms with Gasteiger partial charge in [-0.15, -0.1) is 0 Å². The Balaban J connectivity index is 2.25. The van der Waals surface area contributed by atoms with Crippen LogP contribution in [0.25, 0.3) is 0 Å². The lowest BCUT2D eigenvalue weighted by atomic mass is 9.70. The van der Waals surface area contributed by atoms with Gasteiger partial charge in [0.15, 0.2) is 0 Å². The summed E-state index contributed by atoms with van der Waals surface area (Å²) in [6.07, 6.45) is -0.834. The van der Waals surface area contributed by atoms with Crippen LogP contribution in [0.15, 0.2) is 48.5 Å². The summed E-state index contributed by atoms with van der Waals surface area (Å²) >= 11 is 0. The number of rotatable bonds is 6. The monoisotopic (exact) mass is 467 g/mol. The minimum Gasteiger partial charge on any atom is -0.443 e. The number of carbonyl (C=O) groups is 3. The maximum atomic E-state index is 14.1. The highest BCUT2D eigenvalue weighted by Gasteiger charge is 2.59. The van der Waals surface area contributed by atoms with Crippen LogP contribution in [0.3, 0.4) is 0 Å². The van der Waals surface area contributed by atoms with Gasteiger partial charge in [-0.1, -0.05) is 48.0 Å². The number of imide groups is 1. The zero-order chi connectivity index (χ0) is 25.3. The summed E-state index contributed by atoms with van der Waals surface area (Å²) in [6, 6.07) is 12.9. The summed E-state index contributed by atoms with van der Waals surface area (Å²) in [4.78, 5) is 51.4. The predicted octanol–water partition coefficient (Wildman–Crippen LogP) is 3.54. The van der Waals surface area contributed by atoms with Crippen LogP contribution >= 0.6 is 0 Å². The molecule has 0 unspecified atom stereocenters. The molecule has 0 bridgehead atoms. The van der Waals surface area contributed by atoms with E-state index in [0.717, 1.165) is 16.0 Å². The Morgan fingerprint density at radius 1 is 1.15 bits per heavy atom.